The lowest BCUT2D eigenvalue weighted by molar-refractivity contribution is -0.343. The first-order chi connectivity index (χ1) is 13.1. The Labute approximate surface area is 169 Å². The smallest absolute Gasteiger partial charge is 0.317 e. The van der Waals surface area contributed by atoms with Crippen molar-refractivity contribution in [3.8, 4) is 0 Å². The molecule has 0 fully saturated rings. The van der Waals surface area contributed by atoms with E-state index in [1.807, 2.05) is 0 Å². The zero-order chi connectivity index (χ0) is 22.4. The van der Waals surface area contributed by atoms with Gasteiger partial charge in [0.15, 0.2) is 0 Å². The summed E-state index contributed by atoms with van der Waals surface area (Å²) in [5.74, 6) is -15.4. The molecule has 4 nitrogen and oxygen atoms in total. The topological polar surface area (TPSA) is 46.9 Å². The molecule has 29 heavy (non-hydrogen) atoms. The lowest BCUT2D eigenvalue weighted by Crippen LogP contribution is -2.57. The van der Waals surface area contributed by atoms with Crippen LogP contribution in [0.15, 0.2) is 18.2 Å². The Morgan fingerprint density at radius 1 is 1.07 bits per heavy atom. The molecular weight excluding hydrogens is 454 g/mol. The Balaban J connectivity index is 2.35. The molecule has 0 saturated heterocycles. The van der Waals surface area contributed by atoms with Gasteiger partial charge >= 0.3 is 23.9 Å². The van der Waals surface area contributed by atoms with Crippen LogP contribution in [0.4, 0.5) is 36.4 Å². The van der Waals surface area contributed by atoms with Crippen molar-refractivity contribution in [2.75, 3.05) is 5.32 Å². The Hall–Kier alpha value is -2.01. The highest BCUT2D eigenvalue weighted by Gasteiger charge is 2.76. The number of aryl methyl sites for hydroxylation is 1. The van der Waals surface area contributed by atoms with Crippen LogP contribution in [0.25, 0.3) is 0 Å². The molecule has 2 rings (SSSR count). The third-order valence-electron chi connectivity index (χ3n) is 4.03. The molecule has 2 aromatic rings. The number of anilines is 1. The number of benzene rings is 1. The average Bonchev–Trinajstić information content (AvgIpc) is 2.84. The van der Waals surface area contributed by atoms with E-state index in [0.29, 0.717) is 5.56 Å². The minimum atomic E-state index is -6.62. The highest BCUT2D eigenvalue weighted by Crippen LogP contribution is 2.47. The SMILES string of the molecule is Cc1nn(Cc2c(Cl)cccc2Cl)c(C)c1NC(=O)C(F)(F)C(F)(F)C(F)(F)F. The summed E-state index contributed by atoms with van der Waals surface area (Å²) in [5.41, 5.74) is -0.118. The average molecular weight is 466 g/mol. The molecule has 0 unspecified atom stereocenters. The van der Waals surface area contributed by atoms with E-state index in [1.54, 1.807) is 6.07 Å². The third-order valence-corrected chi connectivity index (χ3v) is 4.73. The monoisotopic (exact) mass is 465 g/mol. The Kier molecular flexibility index (Phi) is 6.16. The molecule has 1 aromatic carbocycles. The molecule has 0 radical (unpaired) electrons. The van der Waals surface area contributed by atoms with Gasteiger partial charge in [0.2, 0.25) is 0 Å². The fraction of sp³-hybridized carbons (Fsp3) is 0.375. The predicted octanol–water partition coefficient (Wildman–Crippen LogP) is 5.63. The van der Waals surface area contributed by atoms with Crippen LogP contribution in [-0.4, -0.2) is 33.7 Å². The lowest BCUT2D eigenvalue weighted by Gasteiger charge is -2.27. The van der Waals surface area contributed by atoms with Crippen LogP contribution < -0.4 is 5.32 Å². The minimum absolute atomic E-state index is 0.0120. The molecular formula is C16H12Cl2F7N3O. The van der Waals surface area contributed by atoms with Crippen molar-refractivity contribution in [1.82, 2.24) is 9.78 Å². The summed E-state index contributed by atoms with van der Waals surface area (Å²) in [4.78, 5) is 11.6. The van der Waals surface area contributed by atoms with E-state index >= 15 is 0 Å². The maximum Gasteiger partial charge on any atom is 0.460 e. The molecule has 1 heterocycles. The number of alkyl halides is 7. The van der Waals surface area contributed by atoms with Gasteiger partial charge < -0.3 is 5.32 Å². The van der Waals surface area contributed by atoms with Crippen molar-refractivity contribution in [3.63, 3.8) is 0 Å². The van der Waals surface area contributed by atoms with Crippen LogP contribution >= 0.6 is 23.2 Å². The van der Waals surface area contributed by atoms with Gasteiger partial charge in [-0.1, -0.05) is 29.3 Å². The number of hydrogen-bond donors (Lipinski definition) is 1. The van der Waals surface area contributed by atoms with E-state index < -0.39 is 29.6 Å². The van der Waals surface area contributed by atoms with E-state index in [9.17, 15) is 35.5 Å². The zero-order valence-electron chi connectivity index (χ0n) is 14.6. The zero-order valence-corrected chi connectivity index (χ0v) is 16.2. The first-order valence-corrected chi connectivity index (χ1v) is 8.47. The molecule has 13 heteroatoms. The van der Waals surface area contributed by atoms with Gasteiger partial charge in [0, 0.05) is 15.6 Å². The summed E-state index contributed by atoms with van der Waals surface area (Å²) < 4.78 is 91.2. The van der Waals surface area contributed by atoms with Crippen molar-refractivity contribution in [1.29, 1.82) is 0 Å². The summed E-state index contributed by atoms with van der Waals surface area (Å²) in [6, 6.07) is 4.62. The molecule has 0 spiro atoms. The van der Waals surface area contributed by atoms with Crippen molar-refractivity contribution < 1.29 is 35.5 Å². The van der Waals surface area contributed by atoms with E-state index in [0.717, 1.165) is 0 Å². The summed E-state index contributed by atoms with van der Waals surface area (Å²) in [7, 11) is 0. The van der Waals surface area contributed by atoms with Crippen molar-refractivity contribution >= 4 is 34.8 Å². The molecule has 1 amide bonds. The number of amides is 1. The van der Waals surface area contributed by atoms with Crippen LogP contribution in [0.1, 0.15) is 17.0 Å². The van der Waals surface area contributed by atoms with Crippen molar-refractivity contribution in [2.45, 2.75) is 38.4 Å². The maximum atomic E-state index is 13.6. The quantitative estimate of drug-likeness (QED) is 0.582. The number of aromatic nitrogens is 2. The van der Waals surface area contributed by atoms with Crippen LogP contribution in [0.3, 0.4) is 0 Å². The van der Waals surface area contributed by atoms with E-state index in [1.165, 1.54) is 36.0 Å². The van der Waals surface area contributed by atoms with E-state index in [4.69, 9.17) is 23.2 Å². The van der Waals surface area contributed by atoms with Gasteiger partial charge in [0.25, 0.3) is 0 Å². The first kappa shape index (κ1) is 23.3. The highest BCUT2D eigenvalue weighted by atomic mass is 35.5. The number of halogens is 9. The van der Waals surface area contributed by atoms with E-state index in [-0.39, 0.29) is 28.0 Å². The fourth-order valence-electron chi connectivity index (χ4n) is 2.38. The van der Waals surface area contributed by atoms with Crippen LogP contribution in [0.5, 0.6) is 0 Å². The summed E-state index contributed by atoms with van der Waals surface area (Å²) in [6.45, 7) is 2.46. The van der Waals surface area contributed by atoms with Crippen LogP contribution in [0, 0.1) is 13.8 Å². The van der Waals surface area contributed by atoms with Crippen LogP contribution in [0.2, 0.25) is 10.0 Å². The second kappa shape index (κ2) is 7.67. The number of carbonyl (C=O) groups is 1. The molecule has 0 bridgehead atoms. The molecule has 0 saturated carbocycles. The Morgan fingerprint density at radius 3 is 2.07 bits per heavy atom. The van der Waals surface area contributed by atoms with Gasteiger partial charge in [0.05, 0.1) is 23.6 Å². The predicted molar refractivity (Wildman–Crippen MR) is 91.8 cm³/mol. The van der Waals surface area contributed by atoms with E-state index in [2.05, 4.69) is 5.10 Å². The normalized spacial score (nSPS) is 12.9. The molecule has 0 aliphatic heterocycles. The number of carbonyl (C=O) groups excluding carboxylic acids is 1. The van der Waals surface area contributed by atoms with Gasteiger partial charge in [-0.2, -0.15) is 35.8 Å². The van der Waals surface area contributed by atoms with Gasteiger partial charge in [-0.15, -0.1) is 0 Å². The van der Waals surface area contributed by atoms with Crippen molar-refractivity contribution in [2.24, 2.45) is 0 Å². The largest absolute Gasteiger partial charge is 0.460 e. The lowest BCUT2D eigenvalue weighted by atomic mass is 10.1. The van der Waals surface area contributed by atoms with Crippen molar-refractivity contribution in [3.05, 3.63) is 45.2 Å². The second-order valence-corrected chi connectivity index (χ2v) is 6.82. The number of nitrogens with one attached hydrogen (secondary N) is 1. The summed E-state index contributed by atoms with van der Waals surface area (Å²) in [6.07, 6.45) is -6.62. The minimum Gasteiger partial charge on any atom is -0.317 e. The molecule has 1 aromatic heterocycles. The summed E-state index contributed by atoms with van der Waals surface area (Å²) in [5, 5.41) is 5.89. The Bertz CT molecular complexity index is 921. The number of rotatable bonds is 5. The van der Waals surface area contributed by atoms with Gasteiger partial charge in [-0.25, -0.2) is 0 Å². The second-order valence-electron chi connectivity index (χ2n) is 6.00. The Morgan fingerprint density at radius 2 is 1.59 bits per heavy atom. The number of nitrogens with zero attached hydrogens (tertiary/aromatic N) is 2. The highest BCUT2D eigenvalue weighted by molar-refractivity contribution is 6.35. The fourth-order valence-corrected chi connectivity index (χ4v) is 2.89. The van der Waals surface area contributed by atoms with Gasteiger partial charge in [0.1, 0.15) is 0 Å². The van der Waals surface area contributed by atoms with Gasteiger partial charge in [-0.3, -0.25) is 9.48 Å². The summed E-state index contributed by atoms with van der Waals surface area (Å²) >= 11 is 12.1. The molecule has 1 N–H and O–H groups in total. The molecule has 0 aliphatic carbocycles. The number of hydrogen-bond acceptors (Lipinski definition) is 2. The first-order valence-electron chi connectivity index (χ1n) is 7.72. The third kappa shape index (κ3) is 4.16. The van der Waals surface area contributed by atoms with Crippen LogP contribution in [-0.2, 0) is 11.3 Å². The maximum absolute atomic E-state index is 13.6. The molecule has 0 aliphatic rings. The molecule has 160 valence electrons. The molecule has 0 atom stereocenters. The standard InChI is InChI=1S/C16H12Cl2F7N3O/c1-7-12(26-13(29)14(19,20)15(21,22)16(23,24)25)8(2)28(27-7)6-9-10(17)4-3-5-11(9)18/h3-5H,6H2,1-2H3,(H,26,29). The van der Waals surface area contributed by atoms with Gasteiger partial charge in [-0.05, 0) is 26.0 Å².